The Balaban J connectivity index is 1.64. The fourth-order valence-electron chi connectivity index (χ4n) is 3.70. The van der Waals surface area contributed by atoms with Crippen molar-refractivity contribution in [2.45, 2.75) is 0 Å². The van der Waals surface area contributed by atoms with E-state index in [0.717, 1.165) is 5.69 Å². The van der Waals surface area contributed by atoms with Crippen molar-refractivity contribution >= 4 is 64.8 Å². The van der Waals surface area contributed by atoms with Gasteiger partial charge in [-0.05, 0) is 0 Å². The van der Waals surface area contributed by atoms with E-state index in [4.69, 9.17) is 0 Å². The molecule has 4 aromatic rings. The zero-order chi connectivity index (χ0) is 17.8. The SMILES string of the molecule is c1ccc(-c2cc3c4c(c2)[Se]c2ccccc2N4c2ccccc2[Se]3)nc1. The van der Waals surface area contributed by atoms with Gasteiger partial charge in [-0.1, -0.05) is 0 Å². The average molecular weight is 476 g/mol. The van der Waals surface area contributed by atoms with Gasteiger partial charge in [-0.15, -0.1) is 0 Å². The fourth-order valence-corrected chi connectivity index (χ4v) is 8.78. The van der Waals surface area contributed by atoms with Gasteiger partial charge in [0.1, 0.15) is 0 Å². The Morgan fingerprint density at radius 2 is 1.22 bits per heavy atom. The summed E-state index contributed by atoms with van der Waals surface area (Å²) in [7, 11) is 0. The number of rotatable bonds is 1. The summed E-state index contributed by atoms with van der Waals surface area (Å²) in [5.74, 6) is 0. The fraction of sp³-hybridized carbons (Fsp3) is 0. The summed E-state index contributed by atoms with van der Waals surface area (Å²) in [5, 5.41) is 0. The number of anilines is 3. The van der Waals surface area contributed by atoms with E-state index in [1.807, 2.05) is 12.3 Å². The Kier molecular flexibility index (Phi) is 3.53. The molecule has 3 aromatic carbocycles. The van der Waals surface area contributed by atoms with Gasteiger partial charge in [0.15, 0.2) is 0 Å². The third-order valence-electron chi connectivity index (χ3n) is 4.88. The zero-order valence-electron chi connectivity index (χ0n) is 14.3. The molecule has 0 saturated carbocycles. The third kappa shape index (κ3) is 2.42. The number of fused-ring (bicyclic) bond motifs is 4. The molecule has 27 heavy (non-hydrogen) atoms. The van der Waals surface area contributed by atoms with Crippen LogP contribution in [0.25, 0.3) is 11.3 Å². The first kappa shape index (κ1) is 15.7. The van der Waals surface area contributed by atoms with Gasteiger partial charge in [0.25, 0.3) is 0 Å². The van der Waals surface area contributed by atoms with E-state index in [1.165, 1.54) is 40.5 Å². The van der Waals surface area contributed by atoms with Crippen LogP contribution in [0.5, 0.6) is 0 Å². The minimum absolute atomic E-state index is 0.310. The monoisotopic (exact) mass is 478 g/mol. The van der Waals surface area contributed by atoms with Gasteiger partial charge in [-0.25, -0.2) is 0 Å². The van der Waals surface area contributed by atoms with E-state index in [2.05, 4.69) is 82.7 Å². The van der Waals surface area contributed by atoms with Crippen molar-refractivity contribution in [3.63, 3.8) is 0 Å². The maximum absolute atomic E-state index is 4.60. The van der Waals surface area contributed by atoms with Crippen LogP contribution in [0, 0.1) is 0 Å². The van der Waals surface area contributed by atoms with Crippen molar-refractivity contribution in [2.24, 2.45) is 0 Å². The number of hydrogen-bond donors (Lipinski definition) is 0. The minimum atomic E-state index is 0.310. The normalized spacial score (nSPS) is 13.6. The molecule has 0 unspecified atom stereocenters. The molecule has 0 N–H and O–H groups in total. The summed E-state index contributed by atoms with van der Waals surface area (Å²) >= 11 is 0.620. The number of pyridine rings is 1. The molecule has 6 rings (SSSR count). The molecule has 0 amide bonds. The molecule has 2 aliphatic heterocycles. The number of benzene rings is 3. The molecule has 128 valence electrons. The average Bonchev–Trinajstić information content (AvgIpc) is 2.74. The van der Waals surface area contributed by atoms with Crippen molar-refractivity contribution in [1.29, 1.82) is 0 Å². The maximum atomic E-state index is 4.60. The predicted molar refractivity (Wildman–Crippen MR) is 114 cm³/mol. The molecule has 1 aromatic heterocycles. The van der Waals surface area contributed by atoms with Crippen LogP contribution in [0.4, 0.5) is 17.1 Å². The summed E-state index contributed by atoms with van der Waals surface area (Å²) < 4.78 is 5.84. The summed E-state index contributed by atoms with van der Waals surface area (Å²) in [6.07, 6.45) is 1.88. The predicted octanol–water partition coefficient (Wildman–Crippen LogP) is 2.16. The van der Waals surface area contributed by atoms with E-state index in [9.17, 15) is 0 Å². The summed E-state index contributed by atoms with van der Waals surface area (Å²) in [5.41, 5.74) is 6.42. The topological polar surface area (TPSA) is 16.1 Å². The first-order valence-corrected chi connectivity index (χ1v) is 12.2. The Bertz CT molecular complexity index is 1120. The van der Waals surface area contributed by atoms with E-state index in [-0.39, 0.29) is 0 Å². The van der Waals surface area contributed by atoms with E-state index >= 15 is 0 Å². The van der Waals surface area contributed by atoms with E-state index in [0.29, 0.717) is 29.9 Å². The second kappa shape index (κ2) is 6.09. The van der Waals surface area contributed by atoms with Crippen LogP contribution < -0.4 is 22.7 Å². The van der Waals surface area contributed by atoms with Crippen molar-refractivity contribution in [1.82, 2.24) is 4.98 Å². The first-order chi connectivity index (χ1) is 13.4. The van der Waals surface area contributed by atoms with Gasteiger partial charge < -0.3 is 0 Å². The van der Waals surface area contributed by atoms with Crippen LogP contribution in [0.3, 0.4) is 0 Å². The van der Waals surface area contributed by atoms with Crippen LogP contribution in [-0.4, -0.2) is 34.9 Å². The number of nitrogens with zero attached hydrogens (tertiary/aromatic N) is 2. The van der Waals surface area contributed by atoms with Crippen LogP contribution in [0.2, 0.25) is 0 Å². The molecule has 0 fully saturated rings. The van der Waals surface area contributed by atoms with Crippen molar-refractivity contribution in [3.05, 3.63) is 85.1 Å². The molecule has 2 nitrogen and oxygen atoms in total. The molecule has 2 aliphatic rings. The first-order valence-electron chi connectivity index (χ1n) is 8.82. The van der Waals surface area contributed by atoms with Gasteiger partial charge >= 0.3 is 171 Å². The third-order valence-corrected chi connectivity index (χ3v) is 9.48. The van der Waals surface area contributed by atoms with Crippen molar-refractivity contribution in [2.75, 3.05) is 4.90 Å². The quantitative estimate of drug-likeness (QED) is 0.339. The molecule has 0 aliphatic carbocycles. The van der Waals surface area contributed by atoms with Gasteiger partial charge in [-0.3, -0.25) is 0 Å². The standard InChI is InChI=1S/C23H14N2Se2/c1-3-10-19-17(8-1)25-18-9-2-4-11-20(18)27-22-14-15(13-21(26-19)23(22)25)16-7-5-6-12-24-16/h1-14H. The van der Waals surface area contributed by atoms with E-state index in [1.54, 1.807) is 0 Å². The molecule has 3 heterocycles. The molecular weight excluding hydrogens is 462 g/mol. The van der Waals surface area contributed by atoms with Crippen LogP contribution in [0.15, 0.2) is 85.1 Å². The van der Waals surface area contributed by atoms with Crippen LogP contribution >= 0.6 is 0 Å². The van der Waals surface area contributed by atoms with Gasteiger partial charge in [0.05, 0.1) is 0 Å². The van der Waals surface area contributed by atoms with Gasteiger partial charge in [0, 0.05) is 0 Å². The number of para-hydroxylation sites is 2. The van der Waals surface area contributed by atoms with E-state index < -0.39 is 0 Å². The molecule has 0 radical (unpaired) electrons. The Morgan fingerprint density at radius 3 is 1.81 bits per heavy atom. The molecule has 0 bridgehead atoms. The number of aromatic nitrogens is 1. The summed E-state index contributed by atoms with van der Waals surface area (Å²) in [6.45, 7) is 0. The van der Waals surface area contributed by atoms with Gasteiger partial charge in [-0.2, -0.15) is 0 Å². The second-order valence-corrected chi connectivity index (χ2v) is 11.1. The van der Waals surface area contributed by atoms with Gasteiger partial charge in [0.2, 0.25) is 0 Å². The zero-order valence-corrected chi connectivity index (χ0v) is 17.7. The molecule has 0 spiro atoms. The summed E-state index contributed by atoms with van der Waals surface area (Å²) in [4.78, 5) is 7.09. The molecule has 0 saturated heterocycles. The molecule has 0 atom stereocenters. The van der Waals surface area contributed by atoms with Crippen LogP contribution in [-0.2, 0) is 0 Å². The Hall–Kier alpha value is -2.35. The molecule has 4 heteroatoms. The van der Waals surface area contributed by atoms with Crippen molar-refractivity contribution < 1.29 is 0 Å². The Labute approximate surface area is 170 Å². The van der Waals surface area contributed by atoms with Crippen LogP contribution in [0.1, 0.15) is 0 Å². The van der Waals surface area contributed by atoms with Crippen molar-refractivity contribution in [3.8, 4) is 11.3 Å². The number of hydrogen-bond acceptors (Lipinski definition) is 2. The Morgan fingerprint density at radius 1 is 0.630 bits per heavy atom. The molecular formula is C23H14N2Se2. The summed E-state index contributed by atoms with van der Waals surface area (Å²) in [6, 6.07) is 28.6. The second-order valence-electron chi connectivity index (χ2n) is 6.51.